The second-order valence-corrected chi connectivity index (χ2v) is 7.86. The Balaban J connectivity index is 1.39. The maximum absolute atomic E-state index is 4.32. The van der Waals surface area contributed by atoms with E-state index in [1.807, 2.05) is 5.51 Å². The largest absolute Gasteiger partial charge is 0.371 e. The van der Waals surface area contributed by atoms with Crippen molar-refractivity contribution < 1.29 is 0 Å². The molecule has 1 aliphatic rings. The summed E-state index contributed by atoms with van der Waals surface area (Å²) in [5, 5.41) is 0. The molecule has 1 aromatic heterocycles. The van der Waals surface area contributed by atoms with Crippen LogP contribution in [0.3, 0.4) is 0 Å². The van der Waals surface area contributed by atoms with Crippen molar-refractivity contribution in [1.82, 2.24) is 4.98 Å². The zero-order chi connectivity index (χ0) is 16.5. The van der Waals surface area contributed by atoms with Gasteiger partial charge < -0.3 is 4.90 Å². The van der Waals surface area contributed by atoms with Crippen LogP contribution in [0.4, 0.5) is 5.69 Å². The maximum Gasteiger partial charge on any atom is 0.0892 e. The molecule has 1 saturated heterocycles. The number of hydrogen-bond acceptors (Lipinski definition) is 3. The van der Waals surface area contributed by atoms with Crippen molar-refractivity contribution in [2.24, 2.45) is 5.92 Å². The molecule has 2 nitrogen and oxygen atoms in total. The van der Waals surface area contributed by atoms with Crippen LogP contribution in [0.5, 0.6) is 0 Å². The predicted octanol–water partition coefficient (Wildman–Crippen LogP) is 5.17. The fraction of sp³-hybridized carbons (Fsp3) is 0.381. The first kappa shape index (κ1) is 15.6. The van der Waals surface area contributed by atoms with Crippen molar-refractivity contribution in [3.63, 3.8) is 0 Å². The molecule has 0 saturated carbocycles. The van der Waals surface area contributed by atoms with Crippen molar-refractivity contribution in [1.29, 1.82) is 0 Å². The van der Waals surface area contributed by atoms with Crippen LogP contribution >= 0.6 is 11.3 Å². The number of fused-ring (bicyclic) bond motifs is 1. The van der Waals surface area contributed by atoms with E-state index in [0.29, 0.717) is 0 Å². The minimum absolute atomic E-state index is 0.805. The summed E-state index contributed by atoms with van der Waals surface area (Å²) in [6, 6.07) is 14.6. The average Bonchev–Trinajstić information content (AvgIpc) is 3.06. The van der Waals surface area contributed by atoms with Gasteiger partial charge in [0.05, 0.1) is 15.7 Å². The molecule has 123 valence electrons. The first-order valence-electron chi connectivity index (χ1n) is 8.75. The van der Waals surface area contributed by atoms with Crippen LogP contribution in [-0.2, 0) is 6.42 Å². The van der Waals surface area contributed by atoms with Gasteiger partial charge in [-0.25, -0.2) is 4.98 Å². The quantitative estimate of drug-likeness (QED) is 0.656. The number of anilines is 1. The summed E-state index contributed by atoms with van der Waals surface area (Å²) in [5.41, 5.74) is 8.50. The third-order valence-corrected chi connectivity index (χ3v) is 6.08. The molecule has 0 N–H and O–H groups in total. The zero-order valence-electron chi connectivity index (χ0n) is 14.4. The number of piperidine rings is 1. The molecule has 2 aromatic carbocycles. The normalized spacial score (nSPS) is 16.0. The lowest BCUT2D eigenvalue weighted by Crippen LogP contribution is -2.34. The highest BCUT2D eigenvalue weighted by Gasteiger charge is 2.20. The molecule has 1 aliphatic heterocycles. The Bertz CT molecular complexity index is 844. The number of rotatable bonds is 3. The highest BCUT2D eigenvalue weighted by Crippen LogP contribution is 2.29. The van der Waals surface area contributed by atoms with Crippen LogP contribution in [0, 0.1) is 25.8 Å². The molecule has 1 radical (unpaired) electrons. The molecule has 3 aromatic rings. The molecule has 24 heavy (non-hydrogen) atoms. The summed E-state index contributed by atoms with van der Waals surface area (Å²) in [4.78, 5) is 6.83. The third kappa shape index (κ3) is 3.18. The number of aryl methyl sites for hydroxylation is 2. The predicted molar refractivity (Wildman–Crippen MR) is 103 cm³/mol. The standard InChI is InChI=1S/C21H23N2S/c1-15-3-4-18(11-16(15)2)12-17-7-9-23(10-8-17)19-5-6-20-21(13-19)24-14-22-20/h3-5,11,13-14,17H,7-10,12H2,1-2H3. The Labute approximate surface area is 148 Å². The van der Waals surface area contributed by atoms with E-state index >= 15 is 0 Å². The third-order valence-electron chi connectivity index (χ3n) is 5.31. The molecule has 0 atom stereocenters. The molecule has 3 heteroatoms. The van der Waals surface area contributed by atoms with E-state index in [-0.39, 0.29) is 0 Å². The van der Waals surface area contributed by atoms with E-state index in [0.717, 1.165) is 24.5 Å². The molecular formula is C21H23N2S. The zero-order valence-corrected chi connectivity index (χ0v) is 15.2. The Morgan fingerprint density at radius 3 is 2.79 bits per heavy atom. The van der Waals surface area contributed by atoms with E-state index in [4.69, 9.17) is 0 Å². The van der Waals surface area contributed by atoms with E-state index in [1.54, 1.807) is 11.3 Å². The lowest BCUT2D eigenvalue weighted by molar-refractivity contribution is 0.404. The van der Waals surface area contributed by atoms with Crippen LogP contribution in [0.2, 0.25) is 0 Å². The van der Waals surface area contributed by atoms with Gasteiger partial charge in [0, 0.05) is 24.8 Å². The van der Waals surface area contributed by atoms with Crippen molar-refractivity contribution >= 4 is 27.2 Å². The SMILES string of the molecule is Cc1ccc(CC2CCN(c3c[c]c4ncsc4c3)CC2)cc1C. The van der Waals surface area contributed by atoms with Gasteiger partial charge in [-0.1, -0.05) is 18.2 Å². The van der Waals surface area contributed by atoms with Gasteiger partial charge in [-0.15, -0.1) is 11.3 Å². The van der Waals surface area contributed by atoms with Gasteiger partial charge in [0.2, 0.25) is 0 Å². The van der Waals surface area contributed by atoms with Gasteiger partial charge >= 0.3 is 0 Å². The molecule has 4 rings (SSSR count). The average molecular weight is 335 g/mol. The lowest BCUT2D eigenvalue weighted by atomic mass is 9.89. The Morgan fingerprint density at radius 2 is 2.00 bits per heavy atom. The number of hydrogen-bond donors (Lipinski definition) is 0. The van der Waals surface area contributed by atoms with Gasteiger partial charge in [0.1, 0.15) is 0 Å². The van der Waals surface area contributed by atoms with Gasteiger partial charge in [0.15, 0.2) is 0 Å². The van der Waals surface area contributed by atoms with Crippen LogP contribution in [0.1, 0.15) is 29.5 Å². The summed E-state index contributed by atoms with van der Waals surface area (Å²) in [7, 11) is 0. The first-order chi connectivity index (χ1) is 11.7. The Morgan fingerprint density at radius 1 is 1.17 bits per heavy atom. The Hall–Kier alpha value is -1.87. The Kier molecular flexibility index (Phi) is 4.28. The molecule has 2 heterocycles. The monoisotopic (exact) mass is 335 g/mol. The number of thiazole rings is 1. The molecule has 1 fully saturated rings. The molecule has 0 aliphatic carbocycles. The van der Waals surface area contributed by atoms with Gasteiger partial charge in [-0.3, -0.25) is 0 Å². The minimum atomic E-state index is 0.805. The highest BCUT2D eigenvalue weighted by molar-refractivity contribution is 7.16. The van der Waals surface area contributed by atoms with Gasteiger partial charge in [-0.2, -0.15) is 0 Å². The van der Waals surface area contributed by atoms with Gasteiger partial charge in [0.25, 0.3) is 0 Å². The van der Waals surface area contributed by atoms with E-state index in [1.165, 1.54) is 46.3 Å². The van der Waals surface area contributed by atoms with Crippen molar-refractivity contribution in [2.45, 2.75) is 33.1 Å². The van der Waals surface area contributed by atoms with Crippen molar-refractivity contribution in [3.05, 3.63) is 58.6 Å². The maximum atomic E-state index is 4.32. The lowest BCUT2D eigenvalue weighted by Gasteiger charge is -2.33. The van der Waals surface area contributed by atoms with Gasteiger partial charge in [-0.05, 0) is 67.9 Å². The summed E-state index contributed by atoms with van der Waals surface area (Å²) in [6.07, 6.45) is 3.76. The minimum Gasteiger partial charge on any atom is -0.371 e. The highest BCUT2D eigenvalue weighted by atomic mass is 32.1. The summed E-state index contributed by atoms with van der Waals surface area (Å²) in [5.74, 6) is 0.805. The molecule has 0 unspecified atom stereocenters. The van der Waals surface area contributed by atoms with Crippen LogP contribution in [-0.4, -0.2) is 18.1 Å². The summed E-state index contributed by atoms with van der Waals surface area (Å²) < 4.78 is 1.24. The second kappa shape index (κ2) is 6.56. The van der Waals surface area contributed by atoms with Crippen LogP contribution < -0.4 is 4.90 Å². The summed E-state index contributed by atoms with van der Waals surface area (Å²) in [6.45, 7) is 6.70. The van der Waals surface area contributed by atoms with Crippen LogP contribution in [0.15, 0.2) is 35.8 Å². The van der Waals surface area contributed by atoms with E-state index in [2.05, 4.69) is 60.1 Å². The number of aromatic nitrogens is 1. The fourth-order valence-electron chi connectivity index (χ4n) is 3.63. The second-order valence-electron chi connectivity index (χ2n) is 6.98. The molecule has 0 spiro atoms. The molecular weight excluding hydrogens is 312 g/mol. The summed E-state index contributed by atoms with van der Waals surface area (Å²) >= 11 is 1.70. The first-order valence-corrected chi connectivity index (χ1v) is 9.63. The number of nitrogens with zero attached hydrogens (tertiary/aromatic N) is 2. The van der Waals surface area contributed by atoms with E-state index in [9.17, 15) is 0 Å². The number of benzene rings is 2. The topological polar surface area (TPSA) is 16.1 Å². The van der Waals surface area contributed by atoms with Crippen LogP contribution in [0.25, 0.3) is 10.2 Å². The fourth-order valence-corrected chi connectivity index (χ4v) is 4.31. The van der Waals surface area contributed by atoms with Crippen molar-refractivity contribution in [3.8, 4) is 0 Å². The van der Waals surface area contributed by atoms with Crippen molar-refractivity contribution in [2.75, 3.05) is 18.0 Å². The smallest absolute Gasteiger partial charge is 0.0892 e. The molecule has 0 bridgehead atoms. The molecule has 0 amide bonds. The van der Waals surface area contributed by atoms with E-state index < -0.39 is 0 Å².